The van der Waals surface area contributed by atoms with Crippen molar-refractivity contribution in [2.45, 2.75) is 31.7 Å². The molecule has 9 heteroatoms. The molecule has 0 radical (unpaired) electrons. The highest BCUT2D eigenvalue weighted by Crippen LogP contribution is 2.28. The molecule has 35 heavy (non-hydrogen) atoms. The summed E-state index contributed by atoms with van der Waals surface area (Å²) in [6, 6.07) is 13.0. The monoisotopic (exact) mass is 475 g/mol. The highest BCUT2D eigenvalue weighted by molar-refractivity contribution is 6.03. The first-order valence-electron chi connectivity index (χ1n) is 12.0. The molecule has 182 valence electrons. The van der Waals surface area contributed by atoms with Gasteiger partial charge in [-0.15, -0.1) is 0 Å². The lowest BCUT2D eigenvalue weighted by Crippen LogP contribution is -2.51. The van der Waals surface area contributed by atoms with Crippen LogP contribution in [0.3, 0.4) is 0 Å². The summed E-state index contributed by atoms with van der Waals surface area (Å²) in [5.74, 6) is -0.474. The van der Waals surface area contributed by atoms with Gasteiger partial charge >= 0.3 is 6.03 Å². The Bertz CT molecular complexity index is 1190. The number of rotatable bonds is 4. The van der Waals surface area contributed by atoms with E-state index in [0.717, 1.165) is 28.9 Å². The van der Waals surface area contributed by atoms with Gasteiger partial charge in [-0.3, -0.25) is 14.4 Å². The largest absolute Gasteiger partial charge is 0.343 e. The predicted molar refractivity (Wildman–Crippen MR) is 131 cm³/mol. The van der Waals surface area contributed by atoms with Crippen molar-refractivity contribution in [3.63, 3.8) is 0 Å². The molecule has 0 atom stereocenters. The molecule has 2 N–H and O–H groups in total. The van der Waals surface area contributed by atoms with E-state index in [-0.39, 0.29) is 42.8 Å². The number of hydrogen-bond acceptors (Lipinski definition) is 4. The van der Waals surface area contributed by atoms with Crippen molar-refractivity contribution in [3.8, 4) is 0 Å². The zero-order chi connectivity index (χ0) is 24.5. The van der Waals surface area contributed by atoms with Crippen LogP contribution in [0, 0.1) is 0 Å². The standard InChI is InChI=1S/C26H29N5O4/c1-29-22-7-6-18(14-19(22)15-23(29)32)25(34)27-16-24(33)30-11-9-20(10-12-30)31-13-8-17-4-2-3-5-21(17)28-26(31)35/h2-7,14,20H,8-13,15-16H2,1H3,(H,27,34)(H,28,35). The fourth-order valence-corrected chi connectivity index (χ4v) is 5.15. The number of nitrogens with zero attached hydrogens (tertiary/aromatic N) is 3. The highest BCUT2D eigenvalue weighted by atomic mass is 16.2. The summed E-state index contributed by atoms with van der Waals surface area (Å²) in [6.45, 7) is 1.66. The number of para-hydroxylation sites is 1. The van der Waals surface area contributed by atoms with E-state index >= 15 is 0 Å². The Balaban J connectivity index is 1.11. The van der Waals surface area contributed by atoms with Gasteiger partial charge in [0.25, 0.3) is 5.91 Å². The van der Waals surface area contributed by atoms with Crippen molar-refractivity contribution < 1.29 is 19.2 Å². The number of amides is 5. The van der Waals surface area contributed by atoms with Gasteiger partial charge in [0.2, 0.25) is 11.8 Å². The zero-order valence-corrected chi connectivity index (χ0v) is 19.8. The van der Waals surface area contributed by atoms with Gasteiger partial charge in [0.1, 0.15) is 0 Å². The van der Waals surface area contributed by atoms with Crippen LogP contribution in [0.1, 0.15) is 34.3 Å². The molecular weight excluding hydrogens is 446 g/mol. The van der Waals surface area contributed by atoms with Gasteiger partial charge in [-0.05, 0) is 54.7 Å². The normalized spacial score (nSPS) is 18.0. The first kappa shape index (κ1) is 22.9. The third kappa shape index (κ3) is 4.58. The molecule has 0 saturated carbocycles. The second-order valence-corrected chi connectivity index (χ2v) is 9.30. The second kappa shape index (κ2) is 9.40. The maximum Gasteiger partial charge on any atom is 0.322 e. The van der Waals surface area contributed by atoms with Crippen molar-refractivity contribution in [1.82, 2.24) is 15.1 Å². The van der Waals surface area contributed by atoms with Crippen LogP contribution < -0.4 is 15.5 Å². The van der Waals surface area contributed by atoms with Crippen molar-refractivity contribution >= 4 is 35.1 Å². The zero-order valence-electron chi connectivity index (χ0n) is 19.8. The Morgan fingerprint density at radius 2 is 1.80 bits per heavy atom. The topological polar surface area (TPSA) is 102 Å². The number of hydrogen-bond donors (Lipinski definition) is 2. The van der Waals surface area contributed by atoms with E-state index in [1.54, 1.807) is 35.0 Å². The van der Waals surface area contributed by atoms with Crippen LogP contribution in [0.5, 0.6) is 0 Å². The second-order valence-electron chi connectivity index (χ2n) is 9.30. The van der Waals surface area contributed by atoms with Gasteiger partial charge in [-0.2, -0.15) is 0 Å². The van der Waals surface area contributed by atoms with E-state index in [2.05, 4.69) is 10.6 Å². The minimum Gasteiger partial charge on any atom is -0.343 e. The Morgan fingerprint density at radius 3 is 2.60 bits per heavy atom. The van der Waals surface area contributed by atoms with Gasteiger partial charge in [0.15, 0.2) is 0 Å². The fourth-order valence-electron chi connectivity index (χ4n) is 5.15. The number of anilines is 2. The minimum atomic E-state index is -0.334. The van der Waals surface area contributed by atoms with Crippen LogP contribution in [0.15, 0.2) is 42.5 Å². The first-order chi connectivity index (χ1) is 16.9. The molecule has 5 amide bonds. The first-order valence-corrected chi connectivity index (χ1v) is 12.0. The smallest absolute Gasteiger partial charge is 0.322 e. The number of nitrogens with one attached hydrogen (secondary N) is 2. The molecule has 3 heterocycles. The fraction of sp³-hybridized carbons (Fsp3) is 0.385. The number of fused-ring (bicyclic) bond motifs is 2. The number of carbonyl (C=O) groups excluding carboxylic acids is 4. The average molecular weight is 476 g/mol. The van der Waals surface area contributed by atoms with E-state index in [1.165, 1.54) is 0 Å². The molecule has 3 aliphatic heterocycles. The number of likely N-dealkylation sites (tertiary alicyclic amines) is 1. The molecule has 2 aromatic carbocycles. The summed E-state index contributed by atoms with van der Waals surface area (Å²) in [6.07, 6.45) is 2.49. The van der Waals surface area contributed by atoms with Crippen LogP contribution in [0.25, 0.3) is 0 Å². The van der Waals surface area contributed by atoms with Crippen LogP contribution in [0.4, 0.5) is 16.2 Å². The van der Waals surface area contributed by atoms with Crippen LogP contribution in [0.2, 0.25) is 0 Å². The lowest BCUT2D eigenvalue weighted by Gasteiger charge is -2.38. The van der Waals surface area contributed by atoms with Gasteiger partial charge in [0.05, 0.1) is 13.0 Å². The molecule has 0 bridgehead atoms. The lowest BCUT2D eigenvalue weighted by molar-refractivity contribution is -0.131. The molecule has 1 fully saturated rings. The Hall–Kier alpha value is -3.88. The lowest BCUT2D eigenvalue weighted by atomic mass is 10.0. The van der Waals surface area contributed by atoms with Crippen molar-refractivity contribution in [1.29, 1.82) is 0 Å². The van der Waals surface area contributed by atoms with Crippen LogP contribution in [-0.4, -0.2) is 72.8 Å². The molecule has 0 spiro atoms. The van der Waals surface area contributed by atoms with E-state index in [9.17, 15) is 19.2 Å². The molecule has 5 rings (SSSR count). The number of carbonyl (C=O) groups is 4. The third-order valence-corrected chi connectivity index (χ3v) is 7.22. The molecule has 3 aliphatic rings. The van der Waals surface area contributed by atoms with Crippen LogP contribution in [-0.2, 0) is 22.4 Å². The summed E-state index contributed by atoms with van der Waals surface area (Å²) < 4.78 is 0. The van der Waals surface area contributed by atoms with E-state index in [1.807, 2.05) is 29.2 Å². The van der Waals surface area contributed by atoms with E-state index in [4.69, 9.17) is 0 Å². The Kier molecular flexibility index (Phi) is 6.15. The summed E-state index contributed by atoms with van der Waals surface area (Å²) >= 11 is 0. The van der Waals surface area contributed by atoms with Gasteiger partial charge in [0, 0.05) is 49.7 Å². The summed E-state index contributed by atoms with van der Waals surface area (Å²) in [5, 5.41) is 5.72. The Labute approximate surface area is 204 Å². The van der Waals surface area contributed by atoms with E-state index in [0.29, 0.717) is 38.0 Å². The molecule has 2 aromatic rings. The van der Waals surface area contributed by atoms with Gasteiger partial charge in [-0.25, -0.2) is 4.79 Å². The maximum atomic E-state index is 12.8. The SMILES string of the molecule is CN1C(=O)Cc2cc(C(=O)NCC(=O)N3CCC(N4CCc5ccccc5NC4=O)CC3)ccc21. The van der Waals surface area contributed by atoms with Crippen molar-refractivity contribution in [2.75, 3.05) is 43.4 Å². The quantitative estimate of drug-likeness (QED) is 0.706. The Morgan fingerprint density at radius 1 is 1.03 bits per heavy atom. The summed E-state index contributed by atoms with van der Waals surface area (Å²) in [5.41, 5.74) is 4.07. The number of urea groups is 1. The molecule has 0 unspecified atom stereocenters. The number of likely N-dealkylation sites (N-methyl/N-ethyl adjacent to an activating group) is 1. The van der Waals surface area contributed by atoms with Gasteiger partial charge in [-0.1, -0.05) is 18.2 Å². The molecule has 0 aromatic heterocycles. The van der Waals surface area contributed by atoms with Crippen molar-refractivity contribution in [2.24, 2.45) is 0 Å². The third-order valence-electron chi connectivity index (χ3n) is 7.22. The summed E-state index contributed by atoms with van der Waals surface area (Å²) in [7, 11) is 1.72. The van der Waals surface area contributed by atoms with Crippen LogP contribution >= 0.6 is 0 Å². The van der Waals surface area contributed by atoms with Crippen molar-refractivity contribution in [3.05, 3.63) is 59.2 Å². The predicted octanol–water partition coefficient (Wildman–Crippen LogP) is 2.02. The molecule has 0 aliphatic carbocycles. The molecular formula is C26H29N5O4. The average Bonchev–Trinajstić information content (AvgIpc) is 3.04. The van der Waals surface area contributed by atoms with Gasteiger partial charge < -0.3 is 25.3 Å². The minimum absolute atomic E-state index is 0.00154. The highest BCUT2D eigenvalue weighted by Gasteiger charge is 2.31. The van der Waals surface area contributed by atoms with E-state index < -0.39 is 0 Å². The molecule has 9 nitrogen and oxygen atoms in total. The number of benzene rings is 2. The molecule has 1 saturated heterocycles. The summed E-state index contributed by atoms with van der Waals surface area (Å²) in [4.78, 5) is 55.2. The maximum absolute atomic E-state index is 12.8. The number of piperidine rings is 1.